The average Bonchev–Trinajstić information content (AvgIpc) is 3.13. The van der Waals surface area contributed by atoms with Gasteiger partial charge in [-0.2, -0.15) is 0 Å². The maximum Gasteiger partial charge on any atom is 0.224 e. The van der Waals surface area contributed by atoms with Gasteiger partial charge in [0.1, 0.15) is 0 Å². The lowest BCUT2D eigenvalue weighted by Gasteiger charge is -2.34. The molecule has 1 fully saturated rings. The molecule has 1 heterocycles. The Balaban J connectivity index is 2.05. The summed E-state index contributed by atoms with van der Waals surface area (Å²) in [5.74, 6) is -0.552. The molecule has 27 heavy (non-hydrogen) atoms. The van der Waals surface area contributed by atoms with Gasteiger partial charge in [-0.05, 0) is 61.8 Å². The van der Waals surface area contributed by atoms with E-state index in [0.29, 0.717) is 22.3 Å². The Kier molecular flexibility index (Phi) is 6.15. The Hall–Kier alpha value is -1.95. The molecule has 2 aromatic carbocycles. The van der Waals surface area contributed by atoms with Crippen LogP contribution in [0.3, 0.4) is 0 Å². The zero-order valence-corrected chi connectivity index (χ0v) is 16.5. The fourth-order valence-electron chi connectivity index (χ4n) is 3.51. The van der Waals surface area contributed by atoms with E-state index in [1.807, 2.05) is 0 Å². The Morgan fingerprint density at radius 2 is 1.78 bits per heavy atom. The summed E-state index contributed by atoms with van der Waals surface area (Å²) in [6, 6.07) is 9.41. The molecule has 144 valence electrons. The number of anilines is 1. The normalized spacial score (nSPS) is 15.7. The van der Waals surface area contributed by atoms with Gasteiger partial charge in [0.05, 0.1) is 16.1 Å². The zero-order valence-electron chi connectivity index (χ0n) is 15.0. The van der Waals surface area contributed by atoms with Crippen molar-refractivity contribution in [3.8, 4) is 11.5 Å². The molecule has 3 rings (SSSR count). The minimum absolute atomic E-state index is 0.148. The Bertz CT molecular complexity index is 838. The van der Waals surface area contributed by atoms with Crippen molar-refractivity contribution < 1.29 is 15.0 Å². The molecule has 1 saturated heterocycles. The number of hydrogen-bond donors (Lipinski definition) is 2. The van der Waals surface area contributed by atoms with Crippen molar-refractivity contribution in [3.05, 3.63) is 52.0 Å². The van der Waals surface area contributed by atoms with Gasteiger partial charge in [-0.25, -0.2) is 0 Å². The number of hydrogen-bond acceptors (Lipinski definition) is 4. The van der Waals surface area contributed by atoms with Gasteiger partial charge in [0, 0.05) is 19.2 Å². The fraction of sp³-hybridized carbons (Fsp3) is 0.350. The largest absolute Gasteiger partial charge is 0.504 e. The van der Waals surface area contributed by atoms with Crippen molar-refractivity contribution >= 4 is 34.8 Å². The highest BCUT2D eigenvalue weighted by Gasteiger charge is 2.28. The van der Waals surface area contributed by atoms with Crippen molar-refractivity contribution in [2.75, 3.05) is 24.5 Å². The SMILES string of the molecule is CC(=O)N(c1ccc(Cl)c(Cl)c1)C(CN1CCCC1)c1ccc(O)c(O)c1. The number of carbonyl (C=O) groups is 1. The Morgan fingerprint density at radius 3 is 2.37 bits per heavy atom. The topological polar surface area (TPSA) is 64.0 Å². The summed E-state index contributed by atoms with van der Waals surface area (Å²) in [4.78, 5) is 16.6. The van der Waals surface area contributed by atoms with E-state index in [1.54, 1.807) is 29.2 Å². The van der Waals surface area contributed by atoms with Crippen LogP contribution in [-0.2, 0) is 4.79 Å². The van der Waals surface area contributed by atoms with Gasteiger partial charge >= 0.3 is 0 Å². The summed E-state index contributed by atoms with van der Waals surface area (Å²) in [7, 11) is 0. The standard InChI is InChI=1S/C20H22Cl2N2O3/c1-13(25)24(15-5-6-16(21)17(22)11-15)18(12-23-8-2-3-9-23)14-4-7-19(26)20(27)10-14/h4-7,10-11,18,26-27H,2-3,8-9,12H2,1H3. The molecular formula is C20H22Cl2N2O3. The first kappa shape index (κ1) is 19.8. The van der Waals surface area contributed by atoms with Gasteiger partial charge < -0.3 is 20.0 Å². The molecule has 0 aliphatic carbocycles. The monoisotopic (exact) mass is 408 g/mol. The van der Waals surface area contributed by atoms with Gasteiger partial charge in [-0.1, -0.05) is 29.3 Å². The Labute approximate surface area is 168 Å². The van der Waals surface area contributed by atoms with Crippen LogP contribution in [0, 0.1) is 0 Å². The molecule has 0 spiro atoms. The van der Waals surface area contributed by atoms with Crippen molar-refractivity contribution in [3.63, 3.8) is 0 Å². The van der Waals surface area contributed by atoms with Gasteiger partial charge in [-0.3, -0.25) is 4.79 Å². The van der Waals surface area contributed by atoms with E-state index < -0.39 is 0 Å². The molecule has 2 N–H and O–H groups in total. The van der Waals surface area contributed by atoms with Crippen LogP contribution in [0.15, 0.2) is 36.4 Å². The van der Waals surface area contributed by atoms with E-state index >= 15 is 0 Å². The van der Waals surface area contributed by atoms with Crippen molar-refractivity contribution in [1.29, 1.82) is 0 Å². The van der Waals surface area contributed by atoms with E-state index in [-0.39, 0.29) is 23.4 Å². The number of phenols is 2. The third-order valence-corrected chi connectivity index (χ3v) is 5.59. The highest BCUT2D eigenvalue weighted by Crippen LogP contribution is 2.36. The summed E-state index contributed by atoms with van der Waals surface area (Å²) in [6.45, 7) is 4.05. The van der Waals surface area contributed by atoms with E-state index in [0.717, 1.165) is 31.5 Å². The molecule has 1 unspecified atom stereocenters. The number of benzene rings is 2. The molecule has 0 radical (unpaired) electrons. The van der Waals surface area contributed by atoms with E-state index in [9.17, 15) is 15.0 Å². The minimum Gasteiger partial charge on any atom is -0.504 e. The minimum atomic E-state index is -0.343. The molecule has 1 aliphatic rings. The second-order valence-corrected chi connectivity index (χ2v) is 7.57. The number of likely N-dealkylation sites (tertiary alicyclic amines) is 1. The predicted molar refractivity (Wildman–Crippen MR) is 108 cm³/mol. The van der Waals surface area contributed by atoms with Crippen LogP contribution in [0.2, 0.25) is 10.0 Å². The maximum atomic E-state index is 12.6. The average molecular weight is 409 g/mol. The smallest absolute Gasteiger partial charge is 0.224 e. The highest BCUT2D eigenvalue weighted by molar-refractivity contribution is 6.42. The molecule has 5 nitrogen and oxygen atoms in total. The van der Waals surface area contributed by atoms with E-state index in [1.165, 1.54) is 19.1 Å². The van der Waals surface area contributed by atoms with Gasteiger partial charge in [0.2, 0.25) is 5.91 Å². The van der Waals surface area contributed by atoms with Crippen LogP contribution >= 0.6 is 23.2 Å². The summed E-state index contributed by atoms with van der Waals surface area (Å²) in [6.07, 6.45) is 2.25. The molecule has 0 aromatic heterocycles. The van der Waals surface area contributed by atoms with Gasteiger partial charge in [-0.15, -0.1) is 0 Å². The summed E-state index contributed by atoms with van der Waals surface area (Å²) >= 11 is 12.2. The first-order valence-electron chi connectivity index (χ1n) is 8.86. The third kappa shape index (κ3) is 4.49. The number of nitrogens with zero attached hydrogens (tertiary/aromatic N) is 2. The van der Waals surface area contributed by atoms with Crippen LogP contribution in [-0.4, -0.2) is 40.7 Å². The number of halogens is 2. The van der Waals surface area contributed by atoms with E-state index in [2.05, 4.69) is 4.90 Å². The van der Waals surface area contributed by atoms with Crippen LogP contribution in [0.5, 0.6) is 11.5 Å². The number of phenolic OH excluding ortho intramolecular Hbond substituents is 2. The molecule has 1 atom stereocenters. The maximum absolute atomic E-state index is 12.6. The molecular weight excluding hydrogens is 387 g/mol. The third-order valence-electron chi connectivity index (χ3n) is 4.85. The molecule has 1 aliphatic heterocycles. The van der Waals surface area contributed by atoms with Crippen molar-refractivity contribution in [2.24, 2.45) is 0 Å². The molecule has 1 amide bonds. The summed E-state index contributed by atoms with van der Waals surface area (Å²) in [5, 5.41) is 20.4. The van der Waals surface area contributed by atoms with Crippen molar-refractivity contribution in [1.82, 2.24) is 4.90 Å². The van der Waals surface area contributed by atoms with Crippen LogP contribution in [0.4, 0.5) is 5.69 Å². The van der Waals surface area contributed by atoms with Crippen LogP contribution in [0.1, 0.15) is 31.4 Å². The number of amides is 1. The molecule has 0 saturated carbocycles. The number of carbonyl (C=O) groups excluding carboxylic acids is 1. The highest BCUT2D eigenvalue weighted by atomic mass is 35.5. The second-order valence-electron chi connectivity index (χ2n) is 6.76. The first-order chi connectivity index (χ1) is 12.9. The lowest BCUT2D eigenvalue weighted by Crippen LogP contribution is -2.40. The van der Waals surface area contributed by atoms with Crippen molar-refractivity contribution in [2.45, 2.75) is 25.8 Å². The zero-order chi connectivity index (χ0) is 19.6. The van der Waals surface area contributed by atoms with Gasteiger partial charge in [0.25, 0.3) is 0 Å². The predicted octanol–water partition coefficient (Wildman–Crippen LogP) is 4.59. The van der Waals surface area contributed by atoms with E-state index in [4.69, 9.17) is 23.2 Å². The number of aromatic hydroxyl groups is 2. The number of rotatable bonds is 5. The lowest BCUT2D eigenvalue weighted by molar-refractivity contribution is -0.117. The second kappa shape index (κ2) is 8.38. The quantitative estimate of drug-likeness (QED) is 0.709. The summed E-state index contributed by atoms with van der Waals surface area (Å²) in [5.41, 5.74) is 1.37. The molecule has 0 bridgehead atoms. The Morgan fingerprint density at radius 1 is 1.07 bits per heavy atom. The van der Waals surface area contributed by atoms with Crippen LogP contribution in [0.25, 0.3) is 0 Å². The molecule has 2 aromatic rings. The molecule has 7 heteroatoms. The van der Waals surface area contributed by atoms with Gasteiger partial charge in [0.15, 0.2) is 11.5 Å². The summed E-state index contributed by atoms with van der Waals surface area (Å²) < 4.78 is 0. The lowest BCUT2D eigenvalue weighted by atomic mass is 10.0. The van der Waals surface area contributed by atoms with Crippen LogP contribution < -0.4 is 4.90 Å². The fourth-order valence-corrected chi connectivity index (χ4v) is 3.80. The first-order valence-corrected chi connectivity index (χ1v) is 9.61.